The van der Waals surface area contributed by atoms with Crippen molar-refractivity contribution in [3.63, 3.8) is 0 Å². The highest BCUT2D eigenvalue weighted by Gasteiger charge is 2.38. The Morgan fingerprint density at radius 2 is 1.62 bits per heavy atom. The van der Waals surface area contributed by atoms with E-state index in [9.17, 15) is 21.6 Å². The van der Waals surface area contributed by atoms with Crippen molar-refractivity contribution in [2.75, 3.05) is 4.72 Å². The molecule has 0 fully saturated rings. The molecule has 0 unspecified atom stereocenters. The summed E-state index contributed by atoms with van der Waals surface area (Å²) in [5, 5.41) is 5.49. The summed E-state index contributed by atoms with van der Waals surface area (Å²) >= 11 is 0. The molecule has 0 radical (unpaired) electrons. The zero-order valence-electron chi connectivity index (χ0n) is 13.5. The molecule has 0 atom stereocenters. The predicted molar refractivity (Wildman–Crippen MR) is 91.0 cm³/mol. The lowest BCUT2D eigenvalue weighted by Gasteiger charge is -2.12. The van der Waals surface area contributed by atoms with E-state index in [0.29, 0.717) is 5.56 Å². The average Bonchev–Trinajstić information content (AvgIpc) is 2.99. The lowest BCUT2D eigenvalue weighted by Crippen LogP contribution is -2.14. The number of nitrogens with one attached hydrogen (secondary N) is 2. The second kappa shape index (κ2) is 6.49. The van der Waals surface area contributed by atoms with E-state index < -0.39 is 27.7 Å². The van der Waals surface area contributed by atoms with Gasteiger partial charge >= 0.3 is 6.18 Å². The Labute approximate surface area is 147 Å². The maximum absolute atomic E-state index is 13.4. The van der Waals surface area contributed by atoms with Crippen LogP contribution in [0.3, 0.4) is 0 Å². The second-order valence-corrected chi connectivity index (χ2v) is 7.24. The van der Waals surface area contributed by atoms with Gasteiger partial charge in [0.05, 0.1) is 10.5 Å². The highest BCUT2D eigenvalue weighted by Crippen LogP contribution is 2.41. The molecule has 5 nitrogen and oxygen atoms in total. The van der Waals surface area contributed by atoms with Crippen molar-refractivity contribution >= 4 is 15.8 Å². The summed E-state index contributed by atoms with van der Waals surface area (Å²) in [6.45, 7) is 1.64. The molecule has 0 spiro atoms. The van der Waals surface area contributed by atoms with Gasteiger partial charge in [0.1, 0.15) is 5.69 Å². The Hall–Kier alpha value is -2.81. The van der Waals surface area contributed by atoms with Crippen molar-refractivity contribution < 1.29 is 21.6 Å². The number of nitrogens with zero attached hydrogens (tertiary/aromatic N) is 1. The number of aromatic amines is 1. The largest absolute Gasteiger partial charge is 0.433 e. The van der Waals surface area contributed by atoms with Crippen molar-refractivity contribution in [2.45, 2.75) is 18.0 Å². The van der Waals surface area contributed by atoms with Crippen LogP contribution in [0.15, 0.2) is 59.5 Å². The van der Waals surface area contributed by atoms with Crippen LogP contribution in [0.2, 0.25) is 0 Å². The van der Waals surface area contributed by atoms with Crippen molar-refractivity contribution in [3.8, 4) is 11.1 Å². The van der Waals surface area contributed by atoms with Crippen molar-refractivity contribution in [2.24, 2.45) is 0 Å². The van der Waals surface area contributed by atoms with E-state index in [1.165, 1.54) is 30.3 Å². The van der Waals surface area contributed by atoms with Crippen LogP contribution in [0.5, 0.6) is 0 Å². The number of alkyl halides is 3. The number of hydrogen-bond acceptors (Lipinski definition) is 3. The predicted octanol–water partition coefficient (Wildman–Crippen LogP) is 4.20. The van der Waals surface area contributed by atoms with Gasteiger partial charge in [0.25, 0.3) is 10.0 Å². The molecule has 0 aliphatic carbocycles. The number of aromatic nitrogens is 2. The molecule has 0 saturated heterocycles. The number of H-pyrrole nitrogens is 1. The summed E-state index contributed by atoms with van der Waals surface area (Å²) in [6.07, 6.45) is -4.72. The first-order valence-corrected chi connectivity index (χ1v) is 8.98. The van der Waals surface area contributed by atoms with Crippen LogP contribution in [0.4, 0.5) is 19.0 Å². The zero-order valence-corrected chi connectivity index (χ0v) is 14.3. The molecule has 2 aromatic carbocycles. The molecule has 0 aliphatic rings. The van der Waals surface area contributed by atoms with Crippen LogP contribution in [0.25, 0.3) is 11.1 Å². The summed E-state index contributed by atoms with van der Waals surface area (Å²) in [7, 11) is -4.09. The standard InChI is InChI=1S/C17H14F3N3O2S/c1-11-7-5-6-10-13(11)14-15(17(18,19)20)21-22-16(14)23-26(24,25)12-8-3-2-4-9-12/h2-10H,1H3,(H2,21,22,23). The second-order valence-electron chi connectivity index (χ2n) is 5.55. The fourth-order valence-electron chi connectivity index (χ4n) is 2.52. The van der Waals surface area contributed by atoms with Gasteiger partial charge in [0, 0.05) is 0 Å². The van der Waals surface area contributed by atoms with Gasteiger partial charge in [0.15, 0.2) is 5.82 Å². The van der Waals surface area contributed by atoms with E-state index in [1.54, 1.807) is 31.2 Å². The minimum atomic E-state index is -4.72. The van der Waals surface area contributed by atoms with Gasteiger partial charge < -0.3 is 0 Å². The SMILES string of the molecule is Cc1ccccc1-c1c(NS(=O)(=O)c2ccccc2)n[nH]c1C(F)(F)F. The van der Waals surface area contributed by atoms with Crippen LogP contribution < -0.4 is 4.72 Å². The smallest absolute Gasteiger partial charge is 0.271 e. The minimum absolute atomic E-state index is 0.0766. The van der Waals surface area contributed by atoms with E-state index in [4.69, 9.17) is 0 Å². The van der Waals surface area contributed by atoms with Crippen LogP contribution in [0, 0.1) is 6.92 Å². The molecule has 9 heteroatoms. The molecule has 136 valence electrons. The average molecular weight is 381 g/mol. The van der Waals surface area contributed by atoms with Crippen LogP contribution in [-0.4, -0.2) is 18.6 Å². The first kappa shape index (κ1) is 18.0. The molecular weight excluding hydrogens is 367 g/mol. The van der Waals surface area contributed by atoms with Crippen LogP contribution in [0.1, 0.15) is 11.3 Å². The fraction of sp³-hybridized carbons (Fsp3) is 0.118. The number of halogens is 3. The Balaban J connectivity index is 2.15. The number of rotatable bonds is 4. The first-order valence-electron chi connectivity index (χ1n) is 7.49. The Morgan fingerprint density at radius 1 is 1.00 bits per heavy atom. The quantitative estimate of drug-likeness (QED) is 0.711. The van der Waals surface area contributed by atoms with Crippen molar-refractivity contribution in [1.29, 1.82) is 0 Å². The molecule has 1 heterocycles. The Morgan fingerprint density at radius 3 is 2.23 bits per heavy atom. The molecule has 3 aromatic rings. The Bertz CT molecular complexity index is 1030. The third-order valence-electron chi connectivity index (χ3n) is 3.75. The summed E-state index contributed by atoms with van der Waals surface area (Å²) in [5.41, 5.74) is -0.661. The van der Waals surface area contributed by atoms with Gasteiger partial charge in [-0.15, -0.1) is 0 Å². The van der Waals surface area contributed by atoms with E-state index in [2.05, 4.69) is 9.82 Å². The first-order chi connectivity index (χ1) is 12.2. The summed E-state index contributed by atoms with van der Waals surface area (Å²) in [4.78, 5) is -0.0766. The van der Waals surface area contributed by atoms with Crippen molar-refractivity contribution in [3.05, 3.63) is 65.9 Å². The van der Waals surface area contributed by atoms with Gasteiger partial charge in [-0.1, -0.05) is 42.5 Å². The lowest BCUT2D eigenvalue weighted by atomic mass is 10.00. The van der Waals surface area contributed by atoms with Gasteiger partial charge in [0.2, 0.25) is 0 Å². The summed E-state index contributed by atoms with van der Waals surface area (Å²) < 4.78 is 67.3. The van der Waals surface area contributed by atoms with Gasteiger partial charge in [-0.3, -0.25) is 9.82 Å². The third-order valence-corrected chi connectivity index (χ3v) is 5.10. The molecular formula is C17H14F3N3O2S. The number of aryl methyl sites for hydroxylation is 1. The molecule has 26 heavy (non-hydrogen) atoms. The van der Waals surface area contributed by atoms with Crippen LogP contribution >= 0.6 is 0 Å². The fourth-order valence-corrected chi connectivity index (χ4v) is 3.56. The van der Waals surface area contributed by atoms with E-state index >= 15 is 0 Å². The highest BCUT2D eigenvalue weighted by molar-refractivity contribution is 7.92. The van der Waals surface area contributed by atoms with Crippen molar-refractivity contribution in [1.82, 2.24) is 10.2 Å². The lowest BCUT2D eigenvalue weighted by molar-refractivity contribution is -0.140. The topological polar surface area (TPSA) is 74.8 Å². The third kappa shape index (κ3) is 3.43. The molecule has 0 aliphatic heterocycles. The summed E-state index contributed by atoms with van der Waals surface area (Å²) in [6, 6.07) is 13.7. The molecule has 0 saturated carbocycles. The molecule has 0 amide bonds. The maximum Gasteiger partial charge on any atom is 0.433 e. The summed E-state index contributed by atoms with van der Waals surface area (Å²) in [5.74, 6) is -0.407. The number of benzene rings is 2. The monoisotopic (exact) mass is 381 g/mol. The molecule has 2 N–H and O–H groups in total. The molecule has 0 bridgehead atoms. The highest BCUT2D eigenvalue weighted by atomic mass is 32.2. The van der Waals surface area contributed by atoms with Gasteiger partial charge in [-0.2, -0.15) is 18.3 Å². The Kier molecular flexibility index (Phi) is 4.49. The molecule has 1 aromatic heterocycles. The van der Waals surface area contributed by atoms with E-state index in [-0.39, 0.29) is 16.0 Å². The normalized spacial score (nSPS) is 12.2. The number of hydrogen-bond donors (Lipinski definition) is 2. The minimum Gasteiger partial charge on any atom is -0.271 e. The van der Waals surface area contributed by atoms with Gasteiger partial charge in [-0.05, 0) is 30.2 Å². The van der Waals surface area contributed by atoms with Crippen LogP contribution in [-0.2, 0) is 16.2 Å². The van der Waals surface area contributed by atoms with Gasteiger partial charge in [-0.25, -0.2) is 8.42 Å². The number of anilines is 1. The van der Waals surface area contributed by atoms with E-state index in [1.807, 2.05) is 5.10 Å². The van der Waals surface area contributed by atoms with E-state index in [0.717, 1.165) is 0 Å². The zero-order chi connectivity index (χ0) is 18.9. The number of sulfonamides is 1. The maximum atomic E-state index is 13.4. The molecule has 3 rings (SSSR count).